The highest BCUT2D eigenvalue weighted by Crippen LogP contribution is 2.43. The van der Waals surface area contributed by atoms with E-state index in [9.17, 15) is 10.1 Å². The van der Waals surface area contributed by atoms with Crippen molar-refractivity contribution in [3.8, 4) is 5.75 Å². The first-order valence-corrected chi connectivity index (χ1v) is 11.9. The first kappa shape index (κ1) is 28.9. The lowest BCUT2D eigenvalue weighted by molar-refractivity contribution is -0.755. The molecule has 1 aromatic carbocycles. The van der Waals surface area contributed by atoms with E-state index in [1.165, 1.54) is 24.8 Å². The first-order valence-electron chi connectivity index (χ1n) is 11.9. The molecule has 0 aliphatic carbocycles. The minimum atomic E-state index is -0.751. The Bertz CT molecular complexity index is 689. The molecule has 0 amide bonds. The van der Waals surface area contributed by atoms with Crippen LogP contribution in [0.5, 0.6) is 5.75 Å². The molecule has 0 radical (unpaired) electrons. The second-order valence-electron chi connectivity index (χ2n) is 9.22. The van der Waals surface area contributed by atoms with Gasteiger partial charge >= 0.3 is 0 Å². The number of unbranched alkanes of at least 4 members (excludes halogenated alkanes) is 3. The third kappa shape index (κ3) is 10.6. The molecule has 0 heterocycles. The Hall–Kier alpha value is -2.12. The highest BCUT2D eigenvalue weighted by molar-refractivity contribution is 5.32. The molecule has 0 saturated carbocycles. The highest BCUT2D eigenvalue weighted by atomic mass is 16.9. The number of methoxy groups -OCH3 is 2. The van der Waals surface area contributed by atoms with Crippen LogP contribution in [0.15, 0.2) is 36.4 Å². The van der Waals surface area contributed by atoms with Crippen LogP contribution in [0.25, 0.3) is 0 Å². The molecule has 188 valence electrons. The highest BCUT2D eigenvalue weighted by Gasteiger charge is 2.36. The average molecular weight is 466 g/mol. The molecule has 0 spiro atoms. The van der Waals surface area contributed by atoms with Gasteiger partial charge in [-0.2, -0.15) is 0 Å². The van der Waals surface area contributed by atoms with E-state index in [1.54, 1.807) is 14.2 Å². The zero-order chi connectivity index (χ0) is 24.7. The van der Waals surface area contributed by atoms with Crippen molar-refractivity contribution in [1.82, 2.24) is 0 Å². The Balaban J connectivity index is 3.15. The van der Waals surface area contributed by atoms with E-state index < -0.39 is 5.09 Å². The minimum Gasteiger partial charge on any atom is -0.497 e. The van der Waals surface area contributed by atoms with E-state index in [-0.39, 0.29) is 24.7 Å². The predicted octanol–water partition coefficient (Wildman–Crippen LogP) is 6.34. The summed E-state index contributed by atoms with van der Waals surface area (Å²) >= 11 is 0. The van der Waals surface area contributed by atoms with Gasteiger partial charge < -0.3 is 19.0 Å². The van der Waals surface area contributed by atoms with Crippen molar-refractivity contribution in [1.29, 1.82) is 0 Å². The molecule has 2 atom stereocenters. The van der Waals surface area contributed by atoms with Gasteiger partial charge in [-0.15, -0.1) is 10.1 Å². The van der Waals surface area contributed by atoms with Crippen LogP contribution >= 0.6 is 0 Å². The van der Waals surface area contributed by atoms with Crippen molar-refractivity contribution in [2.45, 2.75) is 71.1 Å². The van der Waals surface area contributed by atoms with E-state index in [2.05, 4.69) is 44.3 Å². The largest absolute Gasteiger partial charge is 0.497 e. The molecule has 33 heavy (non-hydrogen) atoms. The van der Waals surface area contributed by atoms with E-state index in [0.29, 0.717) is 18.9 Å². The number of hydrogen-bond acceptors (Lipinski definition) is 6. The van der Waals surface area contributed by atoms with E-state index in [1.807, 2.05) is 12.1 Å². The number of hydrogen-bond donors (Lipinski definition) is 0. The van der Waals surface area contributed by atoms with Gasteiger partial charge in [0.25, 0.3) is 5.09 Å². The van der Waals surface area contributed by atoms with Crippen LogP contribution in [0.1, 0.15) is 71.3 Å². The summed E-state index contributed by atoms with van der Waals surface area (Å²) in [7, 11) is 3.29. The minimum absolute atomic E-state index is 0.0612. The van der Waals surface area contributed by atoms with Crippen LogP contribution in [0.4, 0.5) is 0 Å². The zero-order valence-electron chi connectivity index (χ0n) is 21.1. The molecule has 7 heteroatoms. The maximum atomic E-state index is 10.7. The van der Waals surface area contributed by atoms with Gasteiger partial charge in [0.2, 0.25) is 0 Å². The summed E-state index contributed by atoms with van der Waals surface area (Å²) < 4.78 is 16.1. The monoisotopic (exact) mass is 465 g/mol. The third-order valence-electron chi connectivity index (χ3n) is 6.46. The van der Waals surface area contributed by atoms with Gasteiger partial charge in [0, 0.05) is 13.7 Å². The Morgan fingerprint density at radius 3 is 2.39 bits per heavy atom. The lowest BCUT2D eigenvalue weighted by Gasteiger charge is -2.41. The molecule has 0 bridgehead atoms. The summed E-state index contributed by atoms with van der Waals surface area (Å²) in [6.45, 7) is 11.6. The first-order chi connectivity index (χ1) is 15.8. The summed E-state index contributed by atoms with van der Waals surface area (Å²) in [5.74, 6) is 1.40. The van der Waals surface area contributed by atoms with E-state index in [4.69, 9.17) is 14.2 Å². The van der Waals surface area contributed by atoms with Crippen LogP contribution < -0.4 is 4.74 Å². The molecule has 0 unspecified atom stereocenters. The number of ether oxygens (including phenoxy) is 3. The summed E-state index contributed by atoms with van der Waals surface area (Å²) in [6, 6.07) is 8.24. The molecule has 0 saturated heterocycles. The van der Waals surface area contributed by atoms with Crippen LogP contribution in [0, 0.1) is 22.0 Å². The summed E-state index contributed by atoms with van der Waals surface area (Å²) in [6.07, 6.45) is 7.27. The fourth-order valence-electron chi connectivity index (χ4n) is 4.63. The Morgan fingerprint density at radius 2 is 1.82 bits per heavy atom. The van der Waals surface area contributed by atoms with Crippen molar-refractivity contribution in [2.24, 2.45) is 11.8 Å². The molecular weight excluding hydrogens is 422 g/mol. The summed E-state index contributed by atoms with van der Waals surface area (Å²) in [5.41, 5.74) is 1.83. The van der Waals surface area contributed by atoms with Gasteiger partial charge in [0.05, 0.1) is 7.11 Å². The normalized spacial score (nSPS) is 13.4. The van der Waals surface area contributed by atoms with Gasteiger partial charge in [-0.05, 0) is 54.2 Å². The topological polar surface area (TPSA) is 80.1 Å². The second-order valence-corrected chi connectivity index (χ2v) is 9.22. The number of nitrogens with zero attached hydrogens (tertiary/aromatic N) is 1. The molecule has 1 rings (SSSR count). The lowest BCUT2D eigenvalue weighted by Crippen LogP contribution is -2.36. The van der Waals surface area contributed by atoms with E-state index in [0.717, 1.165) is 30.6 Å². The maximum absolute atomic E-state index is 10.7. The van der Waals surface area contributed by atoms with Crippen molar-refractivity contribution in [2.75, 3.05) is 34.2 Å². The fourth-order valence-corrected chi connectivity index (χ4v) is 4.63. The van der Waals surface area contributed by atoms with Crippen LogP contribution in [-0.2, 0) is 19.7 Å². The van der Waals surface area contributed by atoms with Crippen LogP contribution in [0.2, 0.25) is 0 Å². The zero-order valence-corrected chi connectivity index (χ0v) is 21.1. The smallest absolute Gasteiger partial charge is 0.294 e. The van der Waals surface area contributed by atoms with E-state index >= 15 is 0 Å². The molecule has 0 fully saturated rings. The Kier molecular flexibility index (Phi) is 13.7. The standard InChI is InChI=1S/C26H43NO6/c1-7-8-9-10-11-22(18-21(2)19-33-27(28)29)25(16-17-32-20-30-5)26(3,4)23-12-14-24(31-6)15-13-23/h12-15,22,25H,2,7-11,16-20H2,1,3-6H3/t22-,25+/m0/s1. The predicted molar refractivity (Wildman–Crippen MR) is 131 cm³/mol. The number of benzene rings is 1. The van der Waals surface area contributed by atoms with Gasteiger partial charge in [-0.25, -0.2) is 0 Å². The molecular formula is C26H43NO6. The molecule has 0 N–H and O–H groups in total. The SMILES string of the molecule is C=C(CO[N+](=O)[O-])C[C@H](CCCCCC)[C@@H](CCOCOC)C(C)(C)c1ccc(OC)cc1. The van der Waals surface area contributed by atoms with Gasteiger partial charge in [0.15, 0.2) is 0 Å². The van der Waals surface area contributed by atoms with Gasteiger partial charge in [-0.3, -0.25) is 0 Å². The summed E-state index contributed by atoms with van der Waals surface area (Å²) in [4.78, 5) is 15.3. The van der Waals surface area contributed by atoms with Crippen molar-refractivity contribution < 1.29 is 24.1 Å². The Morgan fingerprint density at radius 1 is 1.12 bits per heavy atom. The average Bonchev–Trinajstić information content (AvgIpc) is 2.79. The lowest BCUT2D eigenvalue weighted by atomic mass is 9.64. The van der Waals surface area contributed by atoms with Crippen LogP contribution in [0.3, 0.4) is 0 Å². The van der Waals surface area contributed by atoms with Crippen molar-refractivity contribution in [3.05, 3.63) is 52.1 Å². The molecule has 1 aromatic rings. The van der Waals surface area contributed by atoms with Crippen molar-refractivity contribution >= 4 is 0 Å². The van der Waals surface area contributed by atoms with Crippen LogP contribution in [-0.4, -0.2) is 39.3 Å². The molecule has 0 aliphatic heterocycles. The van der Waals surface area contributed by atoms with Gasteiger partial charge in [0.1, 0.15) is 19.1 Å². The third-order valence-corrected chi connectivity index (χ3v) is 6.46. The molecule has 0 aliphatic rings. The second kappa shape index (κ2) is 15.7. The molecule has 7 nitrogen and oxygen atoms in total. The fraction of sp³-hybridized carbons (Fsp3) is 0.692. The van der Waals surface area contributed by atoms with Gasteiger partial charge in [-0.1, -0.05) is 70.7 Å². The molecule has 0 aromatic heterocycles. The van der Waals surface area contributed by atoms with Crippen molar-refractivity contribution in [3.63, 3.8) is 0 Å². The Labute approximate surface area is 199 Å². The number of rotatable bonds is 19. The maximum Gasteiger partial charge on any atom is 0.294 e. The quantitative estimate of drug-likeness (QED) is 0.0779. The summed E-state index contributed by atoms with van der Waals surface area (Å²) in [5, 5.41) is 9.92.